The van der Waals surface area contributed by atoms with Gasteiger partial charge < -0.3 is 10.1 Å². The Hall–Kier alpha value is -2.54. The SMILES string of the molecule is CC(C)Oc1ccc(CNC(=O)CCCN(c2ccccc2)S(C)(=O)=O)cc1. The van der Waals surface area contributed by atoms with Crippen molar-refractivity contribution in [1.82, 2.24) is 5.32 Å². The smallest absolute Gasteiger partial charge is 0.232 e. The van der Waals surface area contributed by atoms with E-state index < -0.39 is 10.0 Å². The number of ether oxygens (including phenoxy) is 1. The van der Waals surface area contributed by atoms with Gasteiger partial charge in [0.2, 0.25) is 15.9 Å². The normalized spacial score (nSPS) is 11.3. The predicted molar refractivity (Wildman–Crippen MR) is 112 cm³/mol. The van der Waals surface area contributed by atoms with Crippen molar-refractivity contribution < 1.29 is 17.9 Å². The van der Waals surface area contributed by atoms with Gasteiger partial charge in [-0.3, -0.25) is 9.10 Å². The zero-order valence-corrected chi connectivity index (χ0v) is 17.4. The summed E-state index contributed by atoms with van der Waals surface area (Å²) in [7, 11) is -3.39. The zero-order valence-electron chi connectivity index (χ0n) is 16.6. The summed E-state index contributed by atoms with van der Waals surface area (Å²) in [4.78, 5) is 12.1. The lowest BCUT2D eigenvalue weighted by atomic mass is 10.2. The molecule has 6 nitrogen and oxygen atoms in total. The Labute approximate surface area is 167 Å². The Morgan fingerprint density at radius 3 is 2.29 bits per heavy atom. The molecule has 7 heteroatoms. The van der Waals surface area contributed by atoms with E-state index in [1.165, 1.54) is 10.6 Å². The van der Waals surface area contributed by atoms with Crippen LogP contribution in [0.3, 0.4) is 0 Å². The van der Waals surface area contributed by atoms with Crippen molar-refractivity contribution in [2.24, 2.45) is 0 Å². The first-order chi connectivity index (χ1) is 13.3. The molecule has 1 amide bonds. The molecular weight excluding hydrogens is 376 g/mol. The van der Waals surface area contributed by atoms with Gasteiger partial charge in [0.15, 0.2) is 0 Å². The number of amides is 1. The minimum atomic E-state index is -3.39. The van der Waals surface area contributed by atoms with Gasteiger partial charge in [-0.05, 0) is 50.1 Å². The van der Waals surface area contributed by atoms with Gasteiger partial charge in [0.05, 0.1) is 18.0 Å². The van der Waals surface area contributed by atoms with Crippen LogP contribution in [-0.4, -0.2) is 33.2 Å². The Bertz CT molecular complexity index is 850. The van der Waals surface area contributed by atoms with E-state index in [-0.39, 0.29) is 25.0 Å². The fourth-order valence-corrected chi connectivity index (χ4v) is 3.68. The molecule has 0 aliphatic heterocycles. The standard InChI is InChI=1S/C21H28N2O4S/c1-17(2)27-20-13-11-18(12-14-20)16-22-21(24)10-7-15-23(28(3,25)26)19-8-5-4-6-9-19/h4-6,8-9,11-14,17H,7,10,15-16H2,1-3H3,(H,22,24). The molecule has 28 heavy (non-hydrogen) atoms. The number of para-hydroxylation sites is 1. The van der Waals surface area contributed by atoms with E-state index in [1.807, 2.05) is 44.2 Å². The first kappa shape index (κ1) is 21.8. The highest BCUT2D eigenvalue weighted by Crippen LogP contribution is 2.17. The van der Waals surface area contributed by atoms with Crippen molar-refractivity contribution in [1.29, 1.82) is 0 Å². The van der Waals surface area contributed by atoms with Crippen LogP contribution in [0.4, 0.5) is 5.69 Å². The number of nitrogens with zero attached hydrogens (tertiary/aromatic N) is 1. The molecule has 0 saturated heterocycles. The van der Waals surface area contributed by atoms with Crippen molar-refractivity contribution >= 4 is 21.6 Å². The average molecular weight is 405 g/mol. The van der Waals surface area contributed by atoms with Crippen LogP contribution < -0.4 is 14.4 Å². The lowest BCUT2D eigenvalue weighted by molar-refractivity contribution is -0.121. The molecule has 2 aromatic carbocycles. The quantitative estimate of drug-likeness (QED) is 0.659. The van der Waals surface area contributed by atoms with Crippen LogP contribution in [-0.2, 0) is 21.4 Å². The number of hydrogen-bond donors (Lipinski definition) is 1. The lowest BCUT2D eigenvalue weighted by Gasteiger charge is -2.22. The number of anilines is 1. The fourth-order valence-electron chi connectivity index (χ4n) is 2.71. The zero-order chi connectivity index (χ0) is 20.6. The molecule has 0 aromatic heterocycles. The third-order valence-corrected chi connectivity index (χ3v) is 5.19. The summed E-state index contributed by atoms with van der Waals surface area (Å²) in [5, 5.41) is 2.86. The van der Waals surface area contributed by atoms with E-state index in [0.29, 0.717) is 18.7 Å². The van der Waals surface area contributed by atoms with E-state index >= 15 is 0 Å². The third-order valence-electron chi connectivity index (χ3n) is 3.99. The molecule has 1 N–H and O–H groups in total. The molecule has 2 aromatic rings. The van der Waals surface area contributed by atoms with Crippen LogP contribution in [0.5, 0.6) is 5.75 Å². The van der Waals surface area contributed by atoms with Crippen LogP contribution in [0.2, 0.25) is 0 Å². The third kappa shape index (κ3) is 7.23. The number of nitrogens with one attached hydrogen (secondary N) is 1. The monoisotopic (exact) mass is 404 g/mol. The average Bonchev–Trinajstić information content (AvgIpc) is 2.64. The second-order valence-corrected chi connectivity index (χ2v) is 8.77. The number of hydrogen-bond acceptors (Lipinski definition) is 4. The van der Waals surface area contributed by atoms with E-state index in [4.69, 9.17) is 4.74 Å². The Kier molecular flexibility index (Phi) is 7.87. The molecule has 0 saturated carbocycles. The van der Waals surface area contributed by atoms with Crippen molar-refractivity contribution in [2.75, 3.05) is 17.1 Å². The maximum absolute atomic E-state index is 12.1. The minimum absolute atomic E-state index is 0.107. The van der Waals surface area contributed by atoms with Crippen molar-refractivity contribution in [3.63, 3.8) is 0 Å². The molecule has 0 unspecified atom stereocenters. The lowest BCUT2D eigenvalue weighted by Crippen LogP contribution is -2.32. The second-order valence-electron chi connectivity index (χ2n) is 6.86. The van der Waals surface area contributed by atoms with E-state index in [0.717, 1.165) is 11.3 Å². The summed E-state index contributed by atoms with van der Waals surface area (Å²) in [6.07, 6.45) is 1.99. The minimum Gasteiger partial charge on any atom is -0.491 e. The van der Waals surface area contributed by atoms with Gasteiger partial charge in [-0.25, -0.2) is 8.42 Å². The summed E-state index contributed by atoms with van der Waals surface area (Å²) in [5.41, 5.74) is 1.58. The molecule has 2 rings (SSSR count). The Morgan fingerprint density at radius 1 is 1.07 bits per heavy atom. The molecule has 152 valence electrons. The number of carbonyl (C=O) groups is 1. The molecule has 0 heterocycles. The molecule has 0 spiro atoms. The largest absolute Gasteiger partial charge is 0.491 e. The predicted octanol–water partition coefficient (Wildman–Crippen LogP) is 3.34. The number of carbonyl (C=O) groups excluding carboxylic acids is 1. The summed E-state index contributed by atoms with van der Waals surface area (Å²) in [6.45, 7) is 4.63. The number of rotatable bonds is 10. The summed E-state index contributed by atoms with van der Waals surface area (Å²) in [5.74, 6) is 0.691. The number of sulfonamides is 1. The first-order valence-corrected chi connectivity index (χ1v) is 11.2. The second kappa shape index (κ2) is 10.1. The van der Waals surface area contributed by atoms with Crippen LogP contribution in [0.15, 0.2) is 54.6 Å². The van der Waals surface area contributed by atoms with E-state index in [9.17, 15) is 13.2 Å². The Morgan fingerprint density at radius 2 is 1.71 bits per heavy atom. The summed E-state index contributed by atoms with van der Waals surface area (Å²) >= 11 is 0. The van der Waals surface area contributed by atoms with Gasteiger partial charge in [0.1, 0.15) is 5.75 Å². The van der Waals surface area contributed by atoms with Crippen LogP contribution in [0.25, 0.3) is 0 Å². The molecule has 0 bridgehead atoms. The molecule has 0 fully saturated rings. The van der Waals surface area contributed by atoms with Crippen LogP contribution >= 0.6 is 0 Å². The highest BCUT2D eigenvalue weighted by atomic mass is 32.2. The van der Waals surface area contributed by atoms with Gasteiger partial charge in [0.25, 0.3) is 0 Å². The maximum Gasteiger partial charge on any atom is 0.232 e. The van der Waals surface area contributed by atoms with Gasteiger partial charge in [-0.15, -0.1) is 0 Å². The maximum atomic E-state index is 12.1. The number of benzene rings is 2. The highest BCUT2D eigenvalue weighted by molar-refractivity contribution is 7.92. The van der Waals surface area contributed by atoms with Crippen LogP contribution in [0.1, 0.15) is 32.3 Å². The van der Waals surface area contributed by atoms with Crippen molar-refractivity contribution in [2.45, 2.75) is 39.3 Å². The van der Waals surface area contributed by atoms with E-state index in [1.54, 1.807) is 24.3 Å². The van der Waals surface area contributed by atoms with Gasteiger partial charge in [0, 0.05) is 19.5 Å². The van der Waals surface area contributed by atoms with Gasteiger partial charge in [-0.2, -0.15) is 0 Å². The van der Waals surface area contributed by atoms with Gasteiger partial charge >= 0.3 is 0 Å². The van der Waals surface area contributed by atoms with Gasteiger partial charge in [-0.1, -0.05) is 30.3 Å². The molecule has 0 radical (unpaired) electrons. The van der Waals surface area contributed by atoms with Crippen LogP contribution in [0, 0.1) is 0 Å². The highest BCUT2D eigenvalue weighted by Gasteiger charge is 2.17. The van der Waals surface area contributed by atoms with Crippen molar-refractivity contribution in [3.8, 4) is 5.75 Å². The molecule has 0 aliphatic rings. The van der Waals surface area contributed by atoms with Crippen molar-refractivity contribution in [3.05, 3.63) is 60.2 Å². The molecule has 0 aliphatic carbocycles. The Balaban J connectivity index is 1.80. The molecule has 0 atom stereocenters. The van der Waals surface area contributed by atoms with E-state index in [2.05, 4.69) is 5.32 Å². The first-order valence-electron chi connectivity index (χ1n) is 9.31. The summed E-state index contributed by atoms with van der Waals surface area (Å²) in [6, 6.07) is 16.5. The topological polar surface area (TPSA) is 75.7 Å². The summed E-state index contributed by atoms with van der Waals surface area (Å²) < 4.78 is 31.0. The fraction of sp³-hybridized carbons (Fsp3) is 0.381. The molecular formula is C21H28N2O4S.